The van der Waals surface area contributed by atoms with Crippen LogP contribution in [0.25, 0.3) is 0 Å². The fourth-order valence-corrected chi connectivity index (χ4v) is 3.22. The van der Waals surface area contributed by atoms with Crippen molar-refractivity contribution in [1.82, 2.24) is 10.4 Å². The van der Waals surface area contributed by atoms with Crippen molar-refractivity contribution < 1.29 is 23.8 Å². The Morgan fingerprint density at radius 2 is 1.93 bits per heavy atom. The van der Waals surface area contributed by atoms with E-state index in [1.54, 1.807) is 6.92 Å². The van der Waals surface area contributed by atoms with Crippen LogP contribution in [-0.4, -0.2) is 48.5 Å². The number of ether oxygens (including phenoxy) is 3. The molecule has 0 spiro atoms. The molecule has 7 nitrogen and oxygen atoms in total. The van der Waals surface area contributed by atoms with Crippen molar-refractivity contribution in [3.63, 3.8) is 0 Å². The van der Waals surface area contributed by atoms with Crippen molar-refractivity contribution in [3.8, 4) is 0 Å². The van der Waals surface area contributed by atoms with Crippen molar-refractivity contribution in [1.29, 1.82) is 0 Å². The molecule has 2 atom stereocenters. The smallest absolute Gasteiger partial charge is 0.422 e. The highest BCUT2D eigenvalue weighted by atomic mass is 16.6. The fourth-order valence-electron chi connectivity index (χ4n) is 3.22. The van der Waals surface area contributed by atoms with Gasteiger partial charge in [0.25, 0.3) is 0 Å². The molecule has 1 N–H and O–H groups in total. The van der Waals surface area contributed by atoms with Crippen LogP contribution in [-0.2, 0) is 25.6 Å². The Morgan fingerprint density at radius 1 is 1.21 bits per heavy atom. The summed E-state index contributed by atoms with van der Waals surface area (Å²) < 4.78 is 16.3. The van der Waals surface area contributed by atoms with E-state index in [0.717, 1.165) is 12.0 Å². The zero-order chi connectivity index (χ0) is 20.6. The summed E-state index contributed by atoms with van der Waals surface area (Å²) in [6.07, 6.45) is 0.566. The van der Waals surface area contributed by atoms with E-state index in [1.165, 1.54) is 0 Å². The number of rotatable bonds is 8. The molecule has 0 radical (unpaired) electrons. The third-order valence-corrected chi connectivity index (χ3v) is 4.32. The number of benzene rings is 1. The molecule has 1 heterocycles. The summed E-state index contributed by atoms with van der Waals surface area (Å²) in [7, 11) is 0. The summed E-state index contributed by atoms with van der Waals surface area (Å²) in [5.74, 6) is -0.116. The molecule has 1 unspecified atom stereocenters. The second kappa shape index (κ2) is 10.4. The van der Waals surface area contributed by atoms with E-state index in [9.17, 15) is 9.59 Å². The van der Waals surface area contributed by atoms with Gasteiger partial charge in [-0.25, -0.2) is 9.80 Å². The SMILES string of the molecule is CCOC(=O)CC1C[C@@H](COCc2ccccc2)N(NC(=O)OC(C)(C)C)C1. The van der Waals surface area contributed by atoms with Gasteiger partial charge in [-0.2, -0.15) is 0 Å². The van der Waals surface area contributed by atoms with Crippen molar-refractivity contribution in [2.75, 3.05) is 19.8 Å². The van der Waals surface area contributed by atoms with Gasteiger partial charge < -0.3 is 14.2 Å². The highest BCUT2D eigenvalue weighted by Gasteiger charge is 2.35. The first-order valence-corrected chi connectivity index (χ1v) is 9.80. The molecule has 1 aromatic carbocycles. The quantitative estimate of drug-likeness (QED) is 0.684. The first-order chi connectivity index (χ1) is 13.3. The standard InChI is InChI=1S/C21H32N2O5/c1-5-27-19(24)12-17-11-18(15-26-14-16-9-7-6-8-10-16)23(13-17)22-20(25)28-21(2,3)4/h6-10,17-18H,5,11-15H2,1-4H3,(H,22,25)/t17?,18-/m0/s1. The number of hydrogen-bond donors (Lipinski definition) is 1. The van der Waals surface area contributed by atoms with Gasteiger partial charge in [0.05, 0.1) is 25.9 Å². The lowest BCUT2D eigenvalue weighted by molar-refractivity contribution is -0.144. The van der Waals surface area contributed by atoms with E-state index < -0.39 is 11.7 Å². The molecule has 0 saturated carbocycles. The van der Waals surface area contributed by atoms with Crippen LogP contribution in [0.3, 0.4) is 0 Å². The number of esters is 1. The molecule has 1 amide bonds. The Balaban J connectivity index is 1.92. The Kier molecular flexibility index (Phi) is 8.26. The van der Waals surface area contributed by atoms with Crippen molar-refractivity contribution >= 4 is 12.1 Å². The van der Waals surface area contributed by atoms with Crippen molar-refractivity contribution in [2.24, 2.45) is 5.92 Å². The molecular formula is C21H32N2O5. The van der Waals surface area contributed by atoms with Crippen molar-refractivity contribution in [3.05, 3.63) is 35.9 Å². The van der Waals surface area contributed by atoms with E-state index in [0.29, 0.717) is 32.8 Å². The van der Waals surface area contributed by atoms with Crippen molar-refractivity contribution in [2.45, 2.75) is 58.8 Å². The van der Waals surface area contributed by atoms with E-state index in [-0.39, 0.29) is 17.9 Å². The predicted octanol–water partition coefficient (Wildman–Crippen LogP) is 3.29. The van der Waals surface area contributed by atoms with Crippen LogP contribution in [0.1, 0.15) is 46.1 Å². The van der Waals surface area contributed by atoms with Crippen LogP contribution in [0.2, 0.25) is 0 Å². The summed E-state index contributed by atoms with van der Waals surface area (Å²) >= 11 is 0. The number of hydrogen-bond acceptors (Lipinski definition) is 6. The number of carbonyl (C=O) groups excluding carboxylic acids is 2. The monoisotopic (exact) mass is 392 g/mol. The van der Waals surface area contributed by atoms with Crippen LogP contribution in [0, 0.1) is 5.92 Å². The molecule has 28 heavy (non-hydrogen) atoms. The fraction of sp³-hybridized carbons (Fsp3) is 0.619. The number of carbonyl (C=O) groups is 2. The van der Waals surface area contributed by atoms with E-state index in [1.807, 2.05) is 56.1 Å². The molecule has 1 fully saturated rings. The van der Waals surface area contributed by atoms with Gasteiger partial charge in [0, 0.05) is 13.0 Å². The van der Waals surface area contributed by atoms with Gasteiger partial charge in [-0.1, -0.05) is 30.3 Å². The van der Waals surface area contributed by atoms with Crippen LogP contribution < -0.4 is 5.43 Å². The predicted molar refractivity (Wildman–Crippen MR) is 105 cm³/mol. The Labute approximate surface area is 167 Å². The first kappa shape index (κ1) is 22.2. The highest BCUT2D eigenvalue weighted by Crippen LogP contribution is 2.25. The van der Waals surface area contributed by atoms with Gasteiger partial charge in [-0.05, 0) is 45.6 Å². The van der Waals surface area contributed by atoms with Gasteiger partial charge in [0.2, 0.25) is 0 Å². The minimum absolute atomic E-state index is 0.0318. The van der Waals surface area contributed by atoms with E-state index in [4.69, 9.17) is 14.2 Å². The van der Waals surface area contributed by atoms with Gasteiger partial charge in [0.15, 0.2) is 0 Å². The molecule has 1 saturated heterocycles. The molecule has 7 heteroatoms. The topological polar surface area (TPSA) is 77.1 Å². The zero-order valence-electron chi connectivity index (χ0n) is 17.3. The molecule has 1 aliphatic heterocycles. The molecule has 1 aliphatic rings. The molecule has 2 rings (SSSR count). The number of nitrogens with zero attached hydrogens (tertiary/aromatic N) is 1. The third kappa shape index (κ3) is 7.86. The van der Waals surface area contributed by atoms with Crippen LogP contribution >= 0.6 is 0 Å². The lowest BCUT2D eigenvalue weighted by Gasteiger charge is -2.27. The Morgan fingerprint density at radius 3 is 2.57 bits per heavy atom. The summed E-state index contributed by atoms with van der Waals surface area (Å²) in [5, 5.41) is 1.82. The summed E-state index contributed by atoms with van der Waals surface area (Å²) in [5.41, 5.74) is 3.33. The lowest BCUT2D eigenvalue weighted by Crippen LogP contribution is -2.48. The average molecular weight is 392 g/mol. The number of hydrazine groups is 1. The van der Waals surface area contributed by atoms with Gasteiger partial charge in [-0.3, -0.25) is 10.2 Å². The maximum atomic E-state index is 12.2. The second-order valence-electron chi connectivity index (χ2n) is 8.03. The normalized spacial score (nSPS) is 20.0. The summed E-state index contributed by atoms with van der Waals surface area (Å²) in [4.78, 5) is 24.0. The minimum atomic E-state index is -0.576. The van der Waals surface area contributed by atoms with Crippen LogP contribution in [0.5, 0.6) is 0 Å². The largest absolute Gasteiger partial charge is 0.466 e. The van der Waals surface area contributed by atoms with Gasteiger partial charge in [0.1, 0.15) is 5.60 Å². The number of nitrogens with one attached hydrogen (secondary N) is 1. The second-order valence-corrected chi connectivity index (χ2v) is 8.03. The van der Waals surface area contributed by atoms with Crippen LogP contribution in [0.15, 0.2) is 30.3 Å². The molecule has 1 aromatic rings. The maximum Gasteiger partial charge on any atom is 0.422 e. The molecule has 156 valence electrons. The molecular weight excluding hydrogens is 360 g/mol. The van der Waals surface area contributed by atoms with E-state index >= 15 is 0 Å². The minimum Gasteiger partial charge on any atom is -0.466 e. The lowest BCUT2D eigenvalue weighted by atomic mass is 10.0. The molecule has 0 aromatic heterocycles. The first-order valence-electron chi connectivity index (χ1n) is 9.80. The molecule has 0 bridgehead atoms. The Hall–Kier alpha value is -2.12. The van der Waals surface area contributed by atoms with E-state index in [2.05, 4.69) is 5.43 Å². The third-order valence-electron chi connectivity index (χ3n) is 4.32. The maximum absolute atomic E-state index is 12.2. The average Bonchev–Trinajstić information content (AvgIpc) is 2.95. The Bertz CT molecular complexity index is 629. The van der Waals surface area contributed by atoms with Gasteiger partial charge in [-0.15, -0.1) is 0 Å². The van der Waals surface area contributed by atoms with Crippen LogP contribution in [0.4, 0.5) is 4.79 Å². The van der Waals surface area contributed by atoms with Gasteiger partial charge >= 0.3 is 12.1 Å². The number of amides is 1. The summed E-state index contributed by atoms with van der Waals surface area (Å²) in [6, 6.07) is 9.90. The molecule has 0 aliphatic carbocycles. The highest BCUT2D eigenvalue weighted by molar-refractivity contribution is 5.70. The summed E-state index contributed by atoms with van der Waals surface area (Å²) in [6.45, 7) is 9.13. The zero-order valence-corrected chi connectivity index (χ0v) is 17.3.